The van der Waals surface area contributed by atoms with Gasteiger partial charge in [-0.15, -0.1) is 0 Å². The Hall–Kier alpha value is -0.120. The van der Waals surface area contributed by atoms with Crippen LogP contribution in [0.1, 0.15) is 17.7 Å². The van der Waals surface area contributed by atoms with Gasteiger partial charge in [0.25, 0.3) is 0 Å². The number of hydrogen-bond acceptors (Lipinski definition) is 3. The lowest BCUT2D eigenvalue weighted by Crippen LogP contribution is -2.17. The van der Waals surface area contributed by atoms with E-state index < -0.39 is 0 Å². The number of rotatable bonds is 1. The average molecular weight is 175 g/mol. The zero-order chi connectivity index (χ0) is 7.19. The molecule has 0 aliphatic heterocycles. The number of halogens is 1. The molecule has 0 saturated heterocycles. The molecule has 2 N–H and O–H groups in total. The van der Waals surface area contributed by atoms with E-state index in [1.807, 2.05) is 0 Å². The summed E-state index contributed by atoms with van der Waals surface area (Å²) < 4.78 is 3.96. The van der Waals surface area contributed by atoms with Crippen molar-refractivity contribution in [1.29, 1.82) is 0 Å². The lowest BCUT2D eigenvalue weighted by molar-refractivity contribution is 0.759. The Balaban J connectivity index is 2.42. The first-order valence-corrected chi connectivity index (χ1v) is 4.27. The lowest BCUT2D eigenvalue weighted by Gasteiger charge is -2.02. The summed E-state index contributed by atoms with van der Waals surface area (Å²) in [4.78, 5) is 1.05. The highest BCUT2D eigenvalue weighted by Gasteiger charge is 2.43. The van der Waals surface area contributed by atoms with E-state index in [2.05, 4.69) is 4.37 Å². The molecular weight excluding hydrogens is 168 g/mol. The third-order valence-corrected chi connectivity index (χ3v) is 3.19. The normalized spacial score (nSPS) is 21.0. The minimum atomic E-state index is -0.113. The van der Waals surface area contributed by atoms with Crippen molar-refractivity contribution in [2.24, 2.45) is 5.73 Å². The van der Waals surface area contributed by atoms with Gasteiger partial charge < -0.3 is 5.73 Å². The first kappa shape index (κ1) is 6.58. The monoisotopic (exact) mass is 174 g/mol. The molecular formula is C6H7ClN2S. The van der Waals surface area contributed by atoms with Crippen LogP contribution >= 0.6 is 23.1 Å². The fourth-order valence-corrected chi connectivity index (χ4v) is 2.11. The van der Waals surface area contributed by atoms with Gasteiger partial charge in [-0.25, -0.2) is 0 Å². The predicted molar refractivity (Wildman–Crippen MR) is 42.2 cm³/mol. The van der Waals surface area contributed by atoms with Gasteiger partial charge in [0.1, 0.15) is 0 Å². The van der Waals surface area contributed by atoms with Crippen LogP contribution in [-0.2, 0) is 5.54 Å². The summed E-state index contributed by atoms with van der Waals surface area (Å²) >= 11 is 7.24. The third kappa shape index (κ3) is 0.856. The van der Waals surface area contributed by atoms with E-state index in [0.29, 0.717) is 0 Å². The van der Waals surface area contributed by atoms with Gasteiger partial charge in [-0.1, -0.05) is 11.6 Å². The maximum Gasteiger partial charge on any atom is 0.0764 e. The largest absolute Gasteiger partial charge is 0.321 e. The average Bonchev–Trinajstić information content (AvgIpc) is 2.44. The van der Waals surface area contributed by atoms with E-state index in [0.717, 1.165) is 22.7 Å². The van der Waals surface area contributed by atoms with Crippen LogP contribution in [0, 0.1) is 0 Å². The van der Waals surface area contributed by atoms with E-state index in [9.17, 15) is 0 Å². The third-order valence-electron chi connectivity index (χ3n) is 1.77. The van der Waals surface area contributed by atoms with E-state index in [1.54, 1.807) is 6.20 Å². The molecule has 1 aromatic rings. The zero-order valence-corrected chi connectivity index (χ0v) is 6.87. The molecule has 1 saturated carbocycles. The van der Waals surface area contributed by atoms with Crippen LogP contribution in [-0.4, -0.2) is 4.37 Å². The zero-order valence-electron chi connectivity index (χ0n) is 5.30. The minimum absolute atomic E-state index is 0.113. The van der Waals surface area contributed by atoms with Gasteiger partial charge in [0.2, 0.25) is 0 Å². The molecule has 1 heterocycles. The van der Waals surface area contributed by atoms with Crippen molar-refractivity contribution in [1.82, 2.24) is 4.37 Å². The first-order valence-electron chi connectivity index (χ1n) is 3.12. The van der Waals surface area contributed by atoms with Crippen molar-refractivity contribution < 1.29 is 0 Å². The highest BCUT2D eigenvalue weighted by Crippen LogP contribution is 2.46. The van der Waals surface area contributed by atoms with Crippen molar-refractivity contribution in [3.8, 4) is 0 Å². The van der Waals surface area contributed by atoms with E-state index in [-0.39, 0.29) is 5.54 Å². The van der Waals surface area contributed by atoms with Crippen molar-refractivity contribution in [3.05, 3.63) is 16.1 Å². The lowest BCUT2D eigenvalue weighted by atomic mass is 10.2. The number of aromatic nitrogens is 1. The standard InChI is InChI=1S/C6H7ClN2S/c7-4-3-9-10-5(4)6(8)1-2-6/h3H,1-2,8H2. The molecule has 0 bridgehead atoms. The van der Waals surface area contributed by atoms with Gasteiger partial charge in [0, 0.05) is 0 Å². The van der Waals surface area contributed by atoms with Gasteiger partial charge in [-0.2, -0.15) is 4.37 Å². The molecule has 1 aliphatic carbocycles. The molecule has 2 rings (SSSR count). The molecule has 10 heavy (non-hydrogen) atoms. The SMILES string of the molecule is NC1(c2sncc2Cl)CC1. The summed E-state index contributed by atoms with van der Waals surface area (Å²) in [5.74, 6) is 0. The van der Waals surface area contributed by atoms with Crippen molar-refractivity contribution in [2.45, 2.75) is 18.4 Å². The van der Waals surface area contributed by atoms with E-state index in [4.69, 9.17) is 17.3 Å². The fraction of sp³-hybridized carbons (Fsp3) is 0.500. The molecule has 0 amide bonds. The molecule has 4 heteroatoms. The van der Waals surface area contributed by atoms with Gasteiger partial charge in [-0.05, 0) is 24.4 Å². The van der Waals surface area contributed by atoms with E-state index >= 15 is 0 Å². The first-order chi connectivity index (χ1) is 4.72. The fourth-order valence-electron chi connectivity index (χ4n) is 0.918. The number of nitrogens with zero attached hydrogens (tertiary/aromatic N) is 1. The van der Waals surface area contributed by atoms with Crippen LogP contribution in [0.15, 0.2) is 6.20 Å². The minimum Gasteiger partial charge on any atom is -0.321 e. The molecule has 1 aliphatic rings. The number of hydrogen-bond donors (Lipinski definition) is 1. The van der Waals surface area contributed by atoms with Gasteiger partial charge >= 0.3 is 0 Å². The Bertz CT molecular complexity index is 254. The van der Waals surface area contributed by atoms with Gasteiger partial charge in [0.15, 0.2) is 0 Å². The Morgan fingerprint density at radius 2 is 2.40 bits per heavy atom. The van der Waals surface area contributed by atoms with Crippen LogP contribution in [0.2, 0.25) is 5.02 Å². The summed E-state index contributed by atoms with van der Waals surface area (Å²) in [6, 6.07) is 0. The second-order valence-electron chi connectivity index (χ2n) is 2.66. The van der Waals surface area contributed by atoms with Crippen molar-refractivity contribution >= 4 is 23.1 Å². The van der Waals surface area contributed by atoms with Crippen LogP contribution in [0.3, 0.4) is 0 Å². The van der Waals surface area contributed by atoms with E-state index in [1.165, 1.54) is 11.5 Å². The highest BCUT2D eigenvalue weighted by molar-refractivity contribution is 7.06. The molecule has 0 atom stereocenters. The topological polar surface area (TPSA) is 38.9 Å². The highest BCUT2D eigenvalue weighted by atomic mass is 35.5. The Labute approximate surface area is 68.2 Å². The molecule has 0 radical (unpaired) electrons. The molecule has 0 aromatic carbocycles. The maximum atomic E-state index is 5.90. The Kier molecular flexibility index (Phi) is 1.27. The van der Waals surface area contributed by atoms with Crippen LogP contribution in [0.25, 0.3) is 0 Å². The molecule has 0 unspecified atom stereocenters. The number of nitrogens with two attached hydrogens (primary N) is 1. The Morgan fingerprint density at radius 1 is 1.70 bits per heavy atom. The van der Waals surface area contributed by atoms with Crippen LogP contribution in [0.4, 0.5) is 0 Å². The van der Waals surface area contributed by atoms with Gasteiger partial charge in [-0.3, -0.25) is 0 Å². The van der Waals surface area contributed by atoms with Crippen LogP contribution < -0.4 is 5.73 Å². The summed E-state index contributed by atoms with van der Waals surface area (Å²) in [6.07, 6.45) is 3.76. The second-order valence-corrected chi connectivity index (χ2v) is 3.87. The molecule has 0 spiro atoms. The van der Waals surface area contributed by atoms with Gasteiger partial charge in [0.05, 0.1) is 21.6 Å². The van der Waals surface area contributed by atoms with Crippen molar-refractivity contribution in [2.75, 3.05) is 0 Å². The second kappa shape index (κ2) is 1.94. The summed E-state index contributed by atoms with van der Waals surface area (Å²) in [6.45, 7) is 0. The molecule has 54 valence electrons. The quantitative estimate of drug-likeness (QED) is 0.705. The van der Waals surface area contributed by atoms with Crippen molar-refractivity contribution in [3.63, 3.8) is 0 Å². The molecule has 2 nitrogen and oxygen atoms in total. The molecule has 1 fully saturated rings. The summed E-state index contributed by atoms with van der Waals surface area (Å²) in [5, 5.41) is 0.727. The Morgan fingerprint density at radius 3 is 2.80 bits per heavy atom. The maximum absolute atomic E-state index is 5.90. The summed E-state index contributed by atoms with van der Waals surface area (Å²) in [5.41, 5.74) is 5.79. The smallest absolute Gasteiger partial charge is 0.0764 e. The summed E-state index contributed by atoms with van der Waals surface area (Å²) in [7, 11) is 0. The predicted octanol–water partition coefficient (Wildman–Crippen LogP) is 1.74. The molecule has 1 aromatic heterocycles. The van der Waals surface area contributed by atoms with Crippen LogP contribution in [0.5, 0.6) is 0 Å².